The first kappa shape index (κ1) is 13.4. The van der Waals surface area contributed by atoms with E-state index in [9.17, 15) is 0 Å². The molecule has 0 aromatic heterocycles. The third-order valence-corrected chi connectivity index (χ3v) is 5.70. The summed E-state index contributed by atoms with van der Waals surface area (Å²) in [7, 11) is 1.97. The third-order valence-electron chi connectivity index (χ3n) is 5.70. The molecule has 1 saturated carbocycles. The first-order valence-corrected chi connectivity index (χ1v) is 8.21. The fourth-order valence-corrected chi connectivity index (χ4v) is 4.53. The molecular formula is C17H25N3O. The predicted molar refractivity (Wildman–Crippen MR) is 82.8 cm³/mol. The molecule has 4 aliphatic rings. The second-order valence-electron chi connectivity index (χ2n) is 6.78. The quantitative estimate of drug-likeness (QED) is 0.819. The molecule has 114 valence electrons. The summed E-state index contributed by atoms with van der Waals surface area (Å²) < 4.78 is 6.51. The summed E-state index contributed by atoms with van der Waals surface area (Å²) in [6, 6.07) is 0. The summed E-state index contributed by atoms with van der Waals surface area (Å²) in [4.78, 5) is 2.29. The van der Waals surface area contributed by atoms with E-state index in [1.54, 1.807) is 5.57 Å². The molecule has 4 heteroatoms. The number of rotatable bonds is 2. The summed E-state index contributed by atoms with van der Waals surface area (Å²) in [5.41, 5.74) is 8.68. The predicted octanol–water partition coefficient (Wildman–Crippen LogP) is 2.56. The number of nitrogens with one attached hydrogen (secondary N) is 1. The lowest BCUT2D eigenvalue weighted by Gasteiger charge is -2.42. The molecule has 4 rings (SSSR count). The van der Waals surface area contributed by atoms with E-state index in [1.807, 2.05) is 7.05 Å². The van der Waals surface area contributed by atoms with E-state index in [-0.39, 0.29) is 5.41 Å². The zero-order valence-corrected chi connectivity index (χ0v) is 12.8. The smallest absolute Gasteiger partial charge is 0.173 e. The molecule has 21 heavy (non-hydrogen) atoms. The van der Waals surface area contributed by atoms with E-state index >= 15 is 0 Å². The monoisotopic (exact) mass is 287 g/mol. The molecule has 3 aliphatic heterocycles. The van der Waals surface area contributed by atoms with Crippen molar-refractivity contribution < 1.29 is 4.74 Å². The van der Waals surface area contributed by atoms with Crippen LogP contribution in [0, 0.1) is 5.41 Å². The van der Waals surface area contributed by atoms with Gasteiger partial charge >= 0.3 is 0 Å². The highest BCUT2D eigenvalue weighted by Gasteiger charge is 2.57. The summed E-state index contributed by atoms with van der Waals surface area (Å²) >= 11 is 0. The van der Waals surface area contributed by atoms with Gasteiger partial charge in [-0.25, -0.2) is 0 Å². The number of hydrogen-bond donors (Lipinski definition) is 2. The van der Waals surface area contributed by atoms with Gasteiger partial charge in [-0.1, -0.05) is 12.5 Å². The van der Waals surface area contributed by atoms with Crippen molar-refractivity contribution in [3.05, 3.63) is 35.5 Å². The largest absolute Gasteiger partial charge is 0.473 e. The van der Waals surface area contributed by atoms with Crippen molar-refractivity contribution in [1.82, 2.24) is 10.2 Å². The highest BCUT2D eigenvalue weighted by Crippen LogP contribution is 2.60. The number of nitrogens with two attached hydrogens (primary N) is 1. The van der Waals surface area contributed by atoms with Crippen molar-refractivity contribution in [1.29, 1.82) is 0 Å². The van der Waals surface area contributed by atoms with Gasteiger partial charge in [-0.05, 0) is 44.7 Å². The number of ether oxygens (including phenoxy) is 1. The van der Waals surface area contributed by atoms with E-state index < -0.39 is 5.72 Å². The van der Waals surface area contributed by atoms with Gasteiger partial charge in [0.2, 0.25) is 0 Å². The molecule has 0 aromatic carbocycles. The van der Waals surface area contributed by atoms with Crippen LogP contribution < -0.4 is 11.1 Å². The molecule has 1 aliphatic carbocycles. The molecule has 0 aromatic rings. The molecular weight excluding hydrogens is 262 g/mol. The van der Waals surface area contributed by atoms with Gasteiger partial charge in [-0.2, -0.15) is 0 Å². The van der Waals surface area contributed by atoms with Crippen molar-refractivity contribution in [2.24, 2.45) is 11.1 Å². The number of fused-ring (bicyclic) bond motifs is 1. The molecule has 2 unspecified atom stereocenters. The van der Waals surface area contributed by atoms with Crippen LogP contribution in [0.25, 0.3) is 0 Å². The van der Waals surface area contributed by atoms with E-state index in [4.69, 9.17) is 10.5 Å². The van der Waals surface area contributed by atoms with Gasteiger partial charge in [-0.3, -0.25) is 5.32 Å². The first-order chi connectivity index (χ1) is 10.2. The average molecular weight is 287 g/mol. The van der Waals surface area contributed by atoms with E-state index in [1.165, 1.54) is 37.1 Å². The van der Waals surface area contributed by atoms with Crippen LogP contribution in [0.2, 0.25) is 0 Å². The second-order valence-corrected chi connectivity index (χ2v) is 6.78. The minimum absolute atomic E-state index is 0.109. The Morgan fingerprint density at radius 3 is 3.10 bits per heavy atom. The summed E-state index contributed by atoms with van der Waals surface area (Å²) in [5.74, 6) is 1.21. The van der Waals surface area contributed by atoms with Gasteiger partial charge < -0.3 is 15.4 Å². The minimum Gasteiger partial charge on any atom is -0.473 e. The molecule has 3 N–H and O–H groups in total. The fourth-order valence-electron chi connectivity index (χ4n) is 4.53. The standard InChI is InChI=1S/C17H25N3O/c1-19-17(12-18)11-16-8-4-2-6-13(16)10-20-9-5-3-7-14(20)15(16)21-17/h5,9-10,19H,2-4,6-8,11-12,18H2,1H3. The highest BCUT2D eigenvalue weighted by atomic mass is 16.5. The number of likely N-dealkylation sites (N-methyl/N-ethyl adjacent to an activating group) is 1. The average Bonchev–Trinajstić information content (AvgIpc) is 2.88. The van der Waals surface area contributed by atoms with Crippen LogP contribution in [0.1, 0.15) is 44.9 Å². The summed E-state index contributed by atoms with van der Waals surface area (Å²) in [5, 5.41) is 3.36. The van der Waals surface area contributed by atoms with Crippen LogP contribution in [-0.2, 0) is 4.74 Å². The Morgan fingerprint density at radius 2 is 2.29 bits per heavy atom. The SMILES string of the molecule is CNC1(CN)CC23CCCCC2=CN2C=CCCC2=C3O1. The maximum Gasteiger partial charge on any atom is 0.173 e. The second kappa shape index (κ2) is 4.62. The van der Waals surface area contributed by atoms with Gasteiger partial charge in [0, 0.05) is 25.4 Å². The zero-order valence-electron chi connectivity index (χ0n) is 12.8. The van der Waals surface area contributed by atoms with Gasteiger partial charge in [0.15, 0.2) is 5.72 Å². The van der Waals surface area contributed by atoms with Gasteiger partial charge in [0.1, 0.15) is 5.76 Å². The lowest BCUT2D eigenvalue weighted by atomic mass is 9.65. The Kier molecular flexibility index (Phi) is 2.95. The number of allylic oxidation sites excluding steroid dienone is 3. The lowest BCUT2D eigenvalue weighted by molar-refractivity contribution is 0.0192. The molecule has 0 radical (unpaired) electrons. The van der Waals surface area contributed by atoms with Crippen LogP contribution in [0.4, 0.5) is 0 Å². The number of hydrogen-bond acceptors (Lipinski definition) is 4. The summed E-state index contributed by atoms with van der Waals surface area (Å²) in [6.07, 6.45) is 15.0. The van der Waals surface area contributed by atoms with Crippen molar-refractivity contribution in [2.75, 3.05) is 13.6 Å². The van der Waals surface area contributed by atoms with Crippen molar-refractivity contribution in [3.8, 4) is 0 Å². The first-order valence-electron chi connectivity index (χ1n) is 8.21. The van der Waals surface area contributed by atoms with Crippen molar-refractivity contribution in [2.45, 2.75) is 50.7 Å². The Balaban J connectivity index is 1.86. The van der Waals surface area contributed by atoms with Gasteiger partial charge in [0.25, 0.3) is 0 Å². The normalized spacial score (nSPS) is 37.6. The third kappa shape index (κ3) is 1.75. The fraction of sp³-hybridized carbons (Fsp3) is 0.647. The molecule has 4 nitrogen and oxygen atoms in total. The Bertz CT molecular complexity index is 544. The molecule has 0 amide bonds. The van der Waals surface area contributed by atoms with Crippen molar-refractivity contribution in [3.63, 3.8) is 0 Å². The van der Waals surface area contributed by atoms with Gasteiger partial charge in [0.05, 0.1) is 11.1 Å². The van der Waals surface area contributed by atoms with Crippen LogP contribution in [0.3, 0.4) is 0 Å². The Morgan fingerprint density at radius 1 is 1.38 bits per heavy atom. The minimum atomic E-state index is -0.393. The van der Waals surface area contributed by atoms with Crippen molar-refractivity contribution >= 4 is 0 Å². The van der Waals surface area contributed by atoms with Crippen LogP contribution in [-0.4, -0.2) is 24.2 Å². The van der Waals surface area contributed by atoms with Crippen LogP contribution in [0.15, 0.2) is 35.5 Å². The molecule has 2 fully saturated rings. The van der Waals surface area contributed by atoms with E-state index in [0.717, 1.165) is 19.3 Å². The molecule has 0 bridgehead atoms. The van der Waals surface area contributed by atoms with E-state index in [0.29, 0.717) is 6.54 Å². The Hall–Kier alpha value is -1.26. The maximum absolute atomic E-state index is 6.51. The van der Waals surface area contributed by atoms with Crippen LogP contribution >= 0.6 is 0 Å². The lowest BCUT2D eigenvalue weighted by Crippen LogP contribution is -2.49. The highest BCUT2D eigenvalue weighted by molar-refractivity contribution is 5.41. The molecule has 3 heterocycles. The van der Waals surface area contributed by atoms with Gasteiger partial charge in [-0.15, -0.1) is 0 Å². The van der Waals surface area contributed by atoms with E-state index in [2.05, 4.69) is 28.7 Å². The number of nitrogens with zero attached hydrogens (tertiary/aromatic N) is 1. The maximum atomic E-state index is 6.51. The molecule has 1 spiro atoms. The zero-order chi connectivity index (χ0) is 14.5. The molecule has 2 atom stereocenters. The topological polar surface area (TPSA) is 50.5 Å². The summed E-state index contributed by atoms with van der Waals surface area (Å²) in [6.45, 7) is 0.519. The Labute approximate surface area is 126 Å². The van der Waals surface area contributed by atoms with Crippen LogP contribution in [0.5, 0.6) is 0 Å². The molecule has 1 saturated heterocycles.